The van der Waals surface area contributed by atoms with E-state index in [0.29, 0.717) is 55.8 Å². The number of carbonyl (C=O) groups is 1. The SMILES string of the molecule is CCCN(CCO)c1ccn2ncc(C(=O)Nc3cn(C4CCC(CN5CCC(OC6CC(COc7cccc8c7c(C)nn8[C@@H]7CC[C@@H](O)N[C@@H]7O)C6)CC5)CC4)nc3C(F)F)c2n1. The van der Waals surface area contributed by atoms with Crippen LogP contribution < -0.4 is 20.3 Å². The minimum atomic E-state index is -2.86. The van der Waals surface area contributed by atoms with Gasteiger partial charge in [-0.3, -0.25) is 19.5 Å². The van der Waals surface area contributed by atoms with Crippen molar-refractivity contribution in [1.82, 2.24) is 44.4 Å². The number of aliphatic hydroxyl groups excluding tert-OH is 3. The van der Waals surface area contributed by atoms with Crippen LogP contribution in [0.3, 0.4) is 0 Å². The number of hydrogen-bond acceptors (Lipinski definition) is 13. The molecule has 0 radical (unpaired) electrons. The van der Waals surface area contributed by atoms with E-state index < -0.39 is 30.5 Å². The van der Waals surface area contributed by atoms with E-state index in [9.17, 15) is 28.9 Å². The van der Waals surface area contributed by atoms with Crippen molar-refractivity contribution < 1.29 is 38.4 Å². The van der Waals surface area contributed by atoms with Gasteiger partial charge in [0.05, 0.1) is 66.0 Å². The average molecular weight is 904 g/mol. The Morgan fingerprint density at radius 1 is 1.00 bits per heavy atom. The maximum atomic E-state index is 14.3. The first-order chi connectivity index (χ1) is 31.5. The number of hydrogen-bond donors (Lipinski definition) is 5. The van der Waals surface area contributed by atoms with Crippen molar-refractivity contribution in [2.75, 3.05) is 56.2 Å². The highest BCUT2D eigenvalue weighted by Crippen LogP contribution is 2.38. The smallest absolute Gasteiger partial charge is 0.284 e. The summed E-state index contributed by atoms with van der Waals surface area (Å²) in [7, 11) is 0. The normalized spacial score (nSPS) is 25.6. The Hall–Kier alpha value is -4.79. The van der Waals surface area contributed by atoms with Gasteiger partial charge in [0.25, 0.3) is 12.3 Å². The molecule has 5 aromatic rings. The first-order valence-electron chi connectivity index (χ1n) is 23.5. The second kappa shape index (κ2) is 20.0. The van der Waals surface area contributed by atoms with Gasteiger partial charge in [-0.1, -0.05) is 13.0 Å². The van der Waals surface area contributed by atoms with Gasteiger partial charge < -0.3 is 39.9 Å². The van der Waals surface area contributed by atoms with Crippen molar-refractivity contribution in [3.05, 3.63) is 59.8 Å². The maximum Gasteiger partial charge on any atom is 0.284 e. The number of rotatable bonds is 17. The highest BCUT2D eigenvalue weighted by molar-refractivity contribution is 6.08. The number of fused-ring (bicyclic) bond motifs is 2. The summed E-state index contributed by atoms with van der Waals surface area (Å²) in [6.07, 6.45) is 10.2. The second-order valence-corrected chi connectivity index (χ2v) is 18.5. The largest absolute Gasteiger partial charge is 0.493 e. The number of alkyl halides is 2. The van der Waals surface area contributed by atoms with Gasteiger partial charge in [0.15, 0.2) is 11.3 Å². The van der Waals surface area contributed by atoms with E-state index in [-0.39, 0.29) is 42.1 Å². The zero-order valence-corrected chi connectivity index (χ0v) is 37.3. The van der Waals surface area contributed by atoms with Gasteiger partial charge in [0, 0.05) is 45.1 Å². The van der Waals surface area contributed by atoms with Crippen molar-refractivity contribution in [3.8, 4) is 5.75 Å². The number of likely N-dealkylation sites (tertiary alicyclic amines) is 1. The molecule has 1 aromatic carbocycles. The van der Waals surface area contributed by atoms with E-state index in [1.807, 2.05) is 41.6 Å². The molecular weight excluding hydrogens is 841 g/mol. The molecule has 3 atom stereocenters. The number of piperidine rings is 2. The van der Waals surface area contributed by atoms with Crippen LogP contribution in [0.15, 0.2) is 42.9 Å². The molecular formula is C46H63F2N11O6. The van der Waals surface area contributed by atoms with Gasteiger partial charge >= 0.3 is 0 Å². The molecule has 19 heteroatoms. The van der Waals surface area contributed by atoms with Gasteiger partial charge in [-0.25, -0.2) is 18.3 Å². The molecule has 2 aliphatic heterocycles. The zero-order valence-electron chi connectivity index (χ0n) is 37.3. The van der Waals surface area contributed by atoms with E-state index in [0.717, 1.165) is 99.8 Å². The number of aromatic nitrogens is 7. The van der Waals surface area contributed by atoms with Gasteiger partial charge in [0.2, 0.25) is 0 Å². The van der Waals surface area contributed by atoms with Crippen LogP contribution in [0.1, 0.15) is 118 Å². The zero-order chi connectivity index (χ0) is 45.2. The first-order valence-corrected chi connectivity index (χ1v) is 23.5. The summed E-state index contributed by atoms with van der Waals surface area (Å²) in [4.78, 5) is 22.6. The van der Waals surface area contributed by atoms with Gasteiger partial charge in [-0.2, -0.15) is 15.3 Å². The molecule has 2 aliphatic carbocycles. The van der Waals surface area contributed by atoms with E-state index >= 15 is 0 Å². The second-order valence-electron chi connectivity index (χ2n) is 18.5. The fraction of sp³-hybridized carbons (Fsp3) is 0.630. The third kappa shape index (κ3) is 10.00. The molecule has 0 bridgehead atoms. The Labute approximate surface area is 377 Å². The van der Waals surface area contributed by atoms with Crippen molar-refractivity contribution in [1.29, 1.82) is 0 Å². The van der Waals surface area contributed by atoms with E-state index in [1.54, 1.807) is 16.9 Å². The number of anilines is 2. The summed E-state index contributed by atoms with van der Waals surface area (Å²) in [5.41, 5.74) is 1.74. The molecule has 17 nitrogen and oxygen atoms in total. The Morgan fingerprint density at radius 2 is 1.80 bits per heavy atom. The van der Waals surface area contributed by atoms with Crippen molar-refractivity contribution >= 4 is 34.0 Å². The Balaban J connectivity index is 0.706. The van der Waals surface area contributed by atoms with E-state index in [2.05, 4.69) is 30.7 Å². The number of nitrogens with one attached hydrogen (secondary N) is 2. The van der Waals surface area contributed by atoms with Crippen molar-refractivity contribution in [2.24, 2.45) is 11.8 Å². The van der Waals surface area contributed by atoms with Crippen LogP contribution in [-0.2, 0) is 4.74 Å². The molecule has 0 unspecified atom stereocenters. The molecule has 2 saturated heterocycles. The lowest BCUT2D eigenvalue weighted by Crippen LogP contribution is -2.48. The summed E-state index contributed by atoms with van der Waals surface area (Å²) in [5, 5.41) is 49.8. The fourth-order valence-corrected chi connectivity index (χ4v) is 10.4. The van der Waals surface area contributed by atoms with Crippen LogP contribution in [0.2, 0.25) is 0 Å². The predicted molar refractivity (Wildman–Crippen MR) is 239 cm³/mol. The summed E-state index contributed by atoms with van der Waals surface area (Å²) < 4.78 is 46.5. The van der Waals surface area contributed by atoms with Crippen LogP contribution in [0.25, 0.3) is 16.6 Å². The molecule has 4 aliphatic rings. The Morgan fingerprint density at radius 3 is 2.54 bits per heavy atom. The fourth-order valence-electron chi connectivity index (χ4n) is 10.4. The number of benzene rings is 1. The standard InChI is InChI=1S/C46H63F2N11O6/c1-3-16-56(20-21-60)39-15-19-57-44(51-39)34(24-49-57)45(62)50-35-26-58(54-42(35)43(47)48)31-9-7-29(8-10-31)25-55-17-13-32(14-18-55)65-33-22-30(23-33)27-64-38-6-4-5-36-41(38)28(2)53-59(36)37-11-12-40(61)52-46(37)63/h4-6,15,19,24,26,29-33,37,40,43,46,52,60-61,63H,3,7-14,16-18,20-23,25,27H2,1-2H3,(H,50,62)/t29?,30?,31?,33?,37-,40-,46-/m1/s1. The molecule has 2 saturated carbocycles. The molecule has 9 rings (SSSR count). The molecule has 65 heavy (non-hydrogen) atoms. The van der Waals surface area contributed by atoms with Crippen LogP contribution in [0.4, 0.5) is 20.3 Å². The molecule has 1 amide bonds. The summed E-state index contributed by atoms with van der Waals surface area (Å²) >= 11 is 0. The van der Waals surface area contributed by atoms with Crippen LogP contribution in [0.5, 0.6) is 5.75 Å². The number of nitrogens with zero attached hydrogens (tertiary/aromatic N) is 9. The Kier molecular flexibility index (Phi) is 13.9. The number of ether oxygens (including phenoxy) is 2. The summed E-state index contributed by atoms with van der Waals surface area (Å²) in [6.45, 7) is 8.63. The minimum absolute atomic E-state index is 0.0158. The molecule has 4 fully saturated rings. The van der Waals surface area contributed by atoms with E-state index in [4.69, 9.17) is 14.6 Å². The maximum absolute atomic E-state index is 14.3. The summed E-state index contributed by atoms with van der Waals surface area (Å²) in [6, 6.07) is 7.42. The molecule has 4 aromatic heterocycles. The molecule has 352 valence electrons. The predicted octanol–water partition coefficient (Wildman–Crippen LogP) is 5.61. The van der Waals surface area contributed by atoms with E-state index in [1.165, 1.54) is 16.9 Å². The van der Waals surface area contributed by atoms with Gasteiger partial charge in [-0.05, 0) is 108 Å². The van der Waals surface area contributed by atoms with Gasteiger partial charge in [0.1, 0.15) is 29.6 Å². The lowest BCUT2D eigenvalue weighted by Gasteiger charge is -2.41. The van der Waals surface area contributed by atoms with Crippen LogP contribution in [-0.4, -0.2) is 131 Å². The molecule has 0 spiro atoms. The highest BCUT2D eigenvalue weighted by Gasteiger charge is 2.36. The third-order valence-corrected chi connectivity index (χ3v) is 13.9. The number of carbonyl (C=O) groups excluding carboxylic acids is 1. The third-order valence-electron chi connectivity index (χ3n) is 13.9. The highest BCUT2D eigenvalue weighted by atomic mass is 19.3. The van der Waals surface area contributed by atoms with Crippen molar-refractivity contribution in [3.63, 3.8) is 0 Å². The van der Waals surface area contributed by atoms with Crippen LogP contribution in [0, 0.1) is 18.8 Å². The number of amides is 1. The topological polar surface area (TPSA) is 193 Å². The molecule has 6 heterocycles. The van der Waals surface area contributed by atoms with Crippen LogP contribution >= 0.6 is 0 Å². The lowest BCUT2D eigenvalue weighted by atomic mass is 9.82. The molecule has 5 N–H and O–H groups in total. The first kappa shape index (κ1) is 45.4. The number of aliphatic hydroxyl groups is 3. The number of halogens is 2. The average Bonchev–Trinajstić information content (AvgIpc) is 4.01. The van der Waals surface area contributed by atoms with Crippen molar-refractivity contribution in [2.45, 2.75) is 128 Å². The Bertz CT molecular complexity index is 2380. The summed E-state index contributed by atoms with van der Waals surface area (Å²) in [5.74, 6) is 1.74. The number of aryl methyl sites for hydroxylation is 1. The quantitative estimate of drug-likeness (QED) is 0.0774. The monoisotopic (exact) mass is 903 g/mol. The minimum Gasteiger partial charge on any atom is -0.493 e. The lowest BCUT2D eigenvalue weighted by molar-refractivity contribution is -0.100. The van der Waals surface area contributed by atoms with Gasteiger partial charge in [-0.15, -0.1) is 0 Å².